The maximum atomic E-state index is 12.8. The van der Waals surface area contributed by atoms with E-state index in [0.717, 1.165) is 54.1 Å². The SMILES string of the molecule is O=C(Cc1ccc2c(c1)OCO2)NC1(c2ccc3c(c2)OCO3)CCCC1. The van der Waals surface area contributed by atoms with Gasteiger partial charge in [0.25, 0.3) is 0 Å². The van der Waals surface area contributed by atoms with E-state index in [-0.39, 0.29) is 25.0 Å². The zero-order valence-corrected chi connectivity index (χ0v) is 15.0. The minimum Gasteiger partial charge on any atom is -0.454 e. The molecule has 1 aliphatic carbocycles. The topological polar surface area (TPSA) is 66.0 Å². The Kier molecular flexibility index (Phi) is 3.85. The molecular weight excluding hydrogens is 346 g/mol. The Balaban J connectivity index is 1.36. The van der Waals surface area contributed by atoms with Crippen LogP contribution >= 0.6 is 0 Å². The molecule has 0 aromatic heterocycles. The van der Waals surface area contributed by atoms with Gasteiger partial charge in [0.05, 0.1) is 12.0 Å². The van der Waals surface area contributed by atoms with Gasteiger partial charge in [-0.25, -0.2) is 0 Å². The zero-order valence-electron chi connectivity index (χ0n) is 15.0. The smallest absolute Gasteiger partial charge is 0.231 e. The Bertz CT molecular complexity index is 888. The lowest BCUT2D eigenvalue weighted by Crippen LogP contribution is -2.44. The fourth-order valence-electron chi connectivity index (χ4n) is 4.21. The van der Waals surface area contributed by atoms with Crippen molar-refractivity contribution in [3.63, 3.8) is 0 Å². The molecule has 0 spiro atoms. The summed E-state index contributed by atoms with van der Waals surface area (Å²) in [5.41, 5.74) is 1.66. The average molecular weight is 367 g/mol. The Morgan fingerprint density at radius 1 is 0.852 bits per heavy atom. The first-order chi connectivity index (χ1) is 13.2. The van der Waals surface area contributed by atoms with Crippen LogP contribution in [0.4, 0.5) is 0 Å². The first-order valence-corrected chi connectivity index (χ1v) is 9.32. The average Bonchev–Trinajstić information content (AvgIpc) is 3.41. The van der Waals surface area contributed by atoms with Gasteiger partial charge in [-0.15, -0.1) is 0 Å². The van der Waals surface area contributed by atoms with Crippen LogP contribution in [0.3, 0.4) is 0 Å². The van der Waals surface area contributed by atoms with Gasteiger partial charge in [-0.05, 0) is 48.2 Å². The molecule has 6 nitrogen and oxygen atoms in total. The molecule has 3 aliphatic rings. The second kappa shape index (κ2) is 6.37. The second-order valence-electron chi connectivity index (χ2n) is 7.27. The van der Waals surface area contributed by atoms with E-state index in [4.69, 9.17) is 18.9 Å². The van der Waals surface area contributed by atoms with Gasteiger partial charge in [0.2, 0.25) is 19.5 Å². The largest absolute Gasteiger partial charge is 0.454 e. The Morgan fingerprint density at radius 3 is 2.22 bits per heavy atom. The molecule has 1 amide bonds. The quantitative estimate of drug-likeness (QED) is 0.898. The zero-order chi connectivity index (χ0) is 18.3. The number of nitrogens with one attached hydrogen (secondary N) is 1. The molecule has 2 aromatic rings. The molecule has 2 aliphatic heterocycles. The predicted octanol–water partition coefficient (Wildman–Crippen LogP) is 3.27. The third kappa shape index (κ3) is 2.95. The normalized spacial score (nSPS) is 18.5. The minimum absolute atomic E-state index is 0.00781. The van der Waals surface area contributed by atoms with Crippen LogP contribution in [-0.2, 0) is 16.8 Å². The summed E-state index contributed by atoms with van der Waals surface area (Å²) in [4.78, 5) is 12.8. The van der Waals surface area contributed by atoms with Gasteiger partial charge in [-0.3, -0.25) is 4.79 Å². The number of amides is 1. The third-order valence-corrected chi connectivity index (χ3v) is 5.56. The maximum absolute atomic E-state index is 12.8. The van der Waals surface area contributed by atoms with Crippen molar-refractivity contribution in [2.45, 2.75) is 37.6 Å². The molecule has 0 radical (unpaired) electrons. The number of hydrogen-bond acceptors (Lipinski definition) is 5. The van der Waals surface area contributed by atoms with Crippen molar-refractivity contribution in [2.75, 3.05) is 13.6 Å². The first-order valence-electron chi connectivity index (χ1n) is 9.32. The fraction of sp³-hybridized carbons (Fsp3) is 0.381. The molecule has 5 rings (SSSR count). The van der Waals surface area contributed by atoms with Crippen molar-refractivity contribution in [2.24, 2.45) is 0 Å². The van der Waals surface area contributed by atoms with Gasteiger partial charge in [0, 0.05) is 0 Å². The molecule has 1 saturated carbocycles. The first kappa shape index (κ1) is 16.3. The minimum atomic E-state index is -0.339. The van der Waals surface area contributed by atoms with E-state index >= 15 is 0 Å². The summed E-state index contributed by atoms with van der Waals surface area (Å²) in [5.74, 6) is 2.95. The fourth-order valence-corrected chi connectivity index (χ4v) is 4.21. The van der Waals surface area contributed by atoms with Crippen LogP contribution in [0.5, 0.6) is 23.0 Å². The highest BCUT2D eigenvalue weighted by molar-refractivity contribution is 5.80. The Labute approximate surface area is 157 Å². The van der Waals surface area contributed by atoms with Crippen molar-refractivity contribution < 1.29 is 23.7 Å². The summed E-state index contributed by atoms with van der Waals surface area (Å²) in [5, 5.41) is 3.31. The van der Waals surface area contributed by atoms with E-state index in [1.54, 1.807) is 0 Å². The molecule has 0 bridgehead atoms. The van der Waals surface area contributed by atoms with Crippen LogP contribution in [0.2, 0.25) is 0 Å². The monoisotopic (exact) mass is 367 g/mol. The van der Waals surface area contributed by atoms with Gasteiger partial charge < -0.3 is 24.3 Å². The van der Waals surface area contributed by atoms with Crippen LogP contribution in [0.25, 0.3) is 0 Å². The highest BCUT2D eigenvalue weighted by atomic mass is 16.7. The highest BCUT2D eigenvalue weighted by Crippen LogP contribution is 2.43. The summed E-state index contributed by atoms with van der Waals surface area (Å²) in [6.07, 6.45) is 4.36. The van der Waals surface area contributed by atoms with Crippen LogP contribution in [0, 0.1) is 0 Å². The van der Waals surface area contributed by atoms with Gasteiger partial charge in [0.15, 0.2) is 23.0 Å². The molecule has 2 aromatic carbocycles. The lowest BCUT2D eigenvalue weighted by Gasteiger charge is -2.31. The van der Waals surface area contributed by atoms with Gasteiger partial charge >= 0.3 is 0 Å². The molecule has 1 N–H and O–H groups in total. The van der Waals surface area contributed by atoms with Crippen LogP contribution in [-0.4, -0.2) is 19.5 Å². The molecule has 1 fully saturated rings. The number of hydrogen-bond donors (Lipinski definition) is 1. The molecule has 27 heavy (non-hydrogen) atoms. The number of fused-ring (bicyclic) bond motifs is 2. The predicted molar refractivity (Wildman–Crippen MR) is 97.1 cm³/mol. The number of ether oxygens (including phenoxy) is 4. The lowest BCUT2D eigenvalue weighted by molar-refractivity contribution is -0.122. The molecule has 6 heteroatoms. The van der Waals surface area contributed by atoms with Gasteiger partial charge in [-0.1, -0.05) is 25.0 Å². The molecular formula is C21H21NO5. The van der Waals surface area contributed by atoms with E-state index in [9.17, 15) is 4.79 Å². The van der Waals surface area contributed by atoms with Crippen LogP contribution in [0.15, 0.2) is 36.4 Å². The molecule has 0 saturated heterocycles. The summed E-state index contributed by atoms with van der Waals surface area (Å²) in [6.45, 7) is 0.487. The van der Waals surface area contributed by atoms with Crippen LogP contribution in [0.1, 0.15) is 36.8 Å². The summed E-state index contributed by atoms with van der Waals surface area (Å²) in [7, 11) is 0. The Hall–Kier alpha value is -2.89. The van der Waals surface area contributed by atoms with Crippen molar-refractivity contribution in [1.29, 1.82) is 0 Å². The lowest BCUT2D eigenvalue weighted by atomic mass is 9.87. The van der Waals surface area contributed by atoms with Crippen molar-refractivity contribution in [3.8, 4) is 23.0 Å². The van der Waals surface area contributed by atoms with Gasteiger partial charge in [-0.2, -0.15) is 0 Å². The molecule has 2 heterocycles. The van der Waals surface area contributed by atoms with Crippen molar-refractivity contribution >= 4 is 5.91 Å². The van der Waals surface area contributed by atoms with Gasteiger partial charge in [0.1, 0.15) is 0 Å². The maximum Gasteiger partial charge on any atom is 0.231 e. The summed E-state index contributed by atoms with van der Waals surface area (Å²) in [6, 6.07) is 11.6. The standard InChI is InChI=1S/C21H21NO5/c23-20(10-14-3-5-16-18(9-14)26-12-24-16)22-21(7-1-2-8-21)15-4-6-17-19(11-15)27-13-25-17/h3-6,9,11H,1-2,7-8,10,12-13H2,(H,22,23). The number of rotatable bonds is 4. The van der Waals surface area contributed by atoms with E-state index in [1.165, 1.54) is 0 Å². The van der Waals surface area contributed by atoms with E-state index < -0.39 is 0 Å². The van der Waals surface area contributed by atoms with E-state index in [2.05, 4.69) is 5.32 Å². The highest BCUT2D eigenvalue weighted by Gasteiger charge is 2.38. The number of carbonyl (C=O) groups excluding carboxylic acids is 1. The summed E-state index contributed by atoms with van der Waals surface area (Å²) >= 11 is 0. The Morgan fingerprint density at radius 2 is 1.48 bits per heavy atom. The number of benzene rings is 2. The summed E-state index contributed by atoms with van der Waals surface area (Å²) < 4.78 is 21.7. The van der Waals surface area contributed by atoms with E-state index in [1.807, 2.05) is 36.4 Å². The van der Waals surface area contributed by atoms with Crippen LogP contribution < -0.4 is 24.3 Å². The molecule has 140 valence electrons. The third-order valence-electron chi connectivity index (χ3n) is 5.56. The molecule has 0 unspecified atom stereocenters. The van der Waals surface area contributed by atoms with E-state index in [0.29, 0.717) is 12.2 Å². The molecule has 0 atom stereocenters. The van der Waals surface area contributed by atoms with Crippen molar-refractivity contribution in [3.05, 3.63) is 47.5 Å². The second-order valence-corrected chi connectivity index (χ2v) is 7.27. The number of carbonyl (C=O) groups is 1. The van der Waals surface area contributed by atoms with Crippen molar-refractivity contribution in [1.82, 2.24) is 5.32 Å².